The van der Waals surface area contributed by atoms with Gasteiger partial charge in [0, 0.05) is 46.9 Å². The summed E-state index contributed by atoms with van der Waals surface area (Å²) in [6, 6.07) is 0.338. The first-order chi connectivity index (χ1) is 8.72. The first-order valence-electron chi connectivity index (χ1n) is 5.83. The van der Waals surface area contributed by atoms with Crippen molar-refractivity contribution in [2.75, 3.05) is 16.8 Å². The molecule has 0 aliphatic carbocycles. The minimum Gasteiger partial charge on any atom is -0.364 e. The smallest absolute Gasteiger partial charge is 0.180 e. The van der Waals surface area contributed by atoms with Crippen LogP contribution in [-0.4, -0.2) is 36.1 Å². The summed E-state index contributed by atoms with van der Waals surface area (Å²) in [5.74, 6) is 2.33. The van der Waals surface area contributed by atoms with E-state index in [0.717, 1.165) is 40.4 Å². The highest BCUT2D eigenvalue weighted by molar-refractivity contribution is 9.10. The van der Waals surface area contributed by atoms with Crippen molar-refractivity contribution >= 4 is 38.2 Å². The minimum atomic E-state index is -0.633. The van der Waals surface area contributed by atoms with E-state index < -0.39 is 10.8 Å². The molecule has 0 atom stereocenters. The predicted octanol–water partition coefficient (Wildman–Crippen LogP) is 1.81. The molecule has 1 aliphatic heterocycles. The topological polar surface area (TPSA) is 59.3 Å². The number of rotatable bonds is 2. The van der Waals surface area contributed by atoms with Crippen molar-refractivity contribution in [1.82, 2.24) is 14.4 Å². The number of fused-ring (bicyclic) bond motifs is 1. The summed E-state index contributed by atoms with van der Waals surface area (Å²) < 4.78 is 14.0. The third-order valence-electron chi connectivity index (χ3n) is 3.07. The minimum absolute atomic E-state index is 0.338. The summed E-state index contributed by atoms with van der Waals surface area (Å²) in [6.07, 6.45) is 7.37. The van der Waals surface area contributed by atoms with E-state index in [-0.39, 0.29) is 0 Å². The van der Waals surface area contributed by atoms with Gasteiger partial charge < -0.3 is 9.72 Å². The average Bonchev–Trinajstić information content (AvgIpc) is 2.80. The lowest BCUT2D eigenvalue weighted by molar-refractivity contribution is 0.622. The van der Waals surface area contributed by atoms with Crippen LogP contribution in [0.3, 0.4) is 0 Å². The van der Waals surface area contributed by atoms with E-state index in [9.17, 15) is 4.21 Å². The first kappa shape index (κ1) is 12.1. The second kappa shape index (κ2) is 4.97. The summed E-state index contributed by atoms with van der Waals surface area (Å²) in [6.45, 7) is 0. The van der Waals surface area contributed by atoms with E-state index in [2.05, 4.69) is 31.2 Å². The Bertz CT molecular complexity index is 590. The Morgan fingerprint density at radius 3 is 3.00 bits per heavy atom. The predicted molar refractivity (Wildman–Crippen MR) is 75.2 cm³/mol. The van der Waals surface area contributed by atoms with E-state index in [1.807, 2.05) is 16.8 Å². The van der Waals surface area contributed by atoms with Crippen LogP contribution in [0.15, 0.2) is 23.2 Å². The molecule has 18 heavy (non-hydrogen) atoms. The highest BCUT2D eigenvalue weighted by Gasteiger charge is 2.19. The lowest BCUT2D eigenvalue weighted by atomic mass is 10.1. The maximum absolute atomic E-state index is 11.3. The molecule has 3 heterocycles. The summed E-state index contributed by atoms with van der Waals surface area (Å²) in [7, 11) is -0.633. The maximum atomic E-state index is 11.3. The molecule has 0 spiro atoms. The maximum Gasteiger partial charge on any atom is 0.180 e. The van der Waals surface area contributed by atoms with Crippen LogP contribution >= 0.6 is 15.9 Å². The Labute approximate surface area is 116 Å². The zero-order valence-corrected chi connectivity index (χ0v) is 12.1. The summed E-state index contributed by atoms with van der Waals surface area (Å²) in [4.78, 5) is 8.73. The van der Waals surface area contributed by atoms with Crippen LogP contribution in [0.25, 0.3) is 5.65 Å². The number of nitrogens with one attached hydrogen (secondary N) is 1. The molecule has 0 aromatic carbocycles. The molecule has 96 valence electrons. The van der Waals surface area contributed by atoms with Crippen molar-refractivity contribution in [2.45, 2.75) is 18.9 Å². The molecule has 0 saturated carbocycles. The number of halogens is 1. The Kier molecular flexibility index (Phi) is 3.34. The number of nitrogens with zero attached hydrogens (tertiary/aromatic N) is 3. The summed E-state index contributed by atoms with van der Waals surface area (Å²) in [5, 5.41) is 3.41. The number of imidazole rings is 1. The highest BCUT2D eigenvalue weighted by Crippen LogP contribution is 2.20. The SMILES string of the molecule is O=S1CCC(Nc2nc(Br)cn3ccnc23)CC1. The van der Waals surface area contributed by atoms with Gasteiger partial charge in [-0.2, -0.15) is 0 Å². The van der Waals surface area contributed by atoms with Gasteiger partial charge in [0.05, 0.1) is 0 Å². The van der Waals surface area contributed by atoms with Gasteiger partial charge in [0.1, 0.15) is 4.60 Å². The van der Waals surface area contributed by atoms with Crippen LogP contribution in [-0.2, 0) is 10.8 Å². The van der Waals surface area contributed by atoms with E-state index in [1.165, 1.54) is 0 Å². The monoisotopic (exact) mass is 328 g/mol. The Balaban J connectivity index is 1.85. The van der Waals surface area contributed by atoms with Gasteiger partial charge in [-0.1, -0.05) is 0 Å². The normalized spacial score (nSPS) is 24.3. The molecule has 0 unspecified atom stereocenters. The van der Waals surface area contributed by atoms with Gasteiger partial charge in [-0.3, -0.25) is 4.21 Å². The quantitative estimate of drug-likeness (QED) is 0.913. The largest absolute Gasteiger partial charge is 0.364 e. The van der Waals surface area contributed by atoms with Crippen molar-refractivity contribution in [1.29, 1.82) is 0 Å². The molecule has 2 aromatic rings. The van der Waals surface area contributed by atoms with Crippen LogP contribution < -0.4 is 5.32 Å². The number of hydrogen-bond acceptors (Lipinski definition) is 4. The molecular formula is C11H13BrN4OS. The van der Waals surface area contributed by atoms with Crippen LogP contribution in [0.5, 0.6) is 0 Å². The number of aromatic nitrogens is 3. The Hall–Kier alpha value is -0.950. The van der Waals surface area contributed by atoms with Gasteiger partial charge in [0.15, 0.2) is 11.5 Å². The summed E-state index contributed by atoms with van der Waals surface area (Å²) >= 11 is 3.39. The molecule has 1 saturated heterocycles. The van der Waals surface area contributed by atoms with Gasteiger partial charge in [0.25, 0.3) is 0 Å². The van der Waals surface area contributed by atoms with Gasteiger partial charge in [-0.25, -0.2) is 9.97 Å². The van der Waals surface area contributed by atoms with Crippen molar-refractivity contribution in [3.8, 4) is 0 Å². The summed E-state index contributed by atoms with van der Waals surface area (Å²) in [5.41, 5.74) is 0.824. The van der Waals surface area contributed by atoms with Gasteiger partial charge in [-0.05, 0) is 28.8 Å². The average molecular weight is 329 g/mol. The standard InChI is InChI=1S/C11H13BrN4OS/c12-9-7-16-4-3-13-11(16)10(15-9)14-8-1-5-18(17)6-2-8/h3-4,7-8H,1-2,5-6H2,(H,14,15). The molecule has 0 amide bonds. The van der Waals surface area contributed by atoms with Crippen LogP contribution in [0, 0.1) is 0 Å². The molecule has 3 rings (SSSR count). The van der Waals surface area contributed by atoms with Gasteiger partial charge >= 0.3 is 0 Å². The van der Waals surface area contributed by atoms with Crippen molar-refractivity contribution in [3.63, 3.8) is 0 Å². The highest BCUT2D eigenvalue weighted by atomic mass is 79.9. The van der Waals surface area contributed by atoms with Crippen LogP contribution in [0.2, 0.25) is 0 Å². The molecule has 5 nitrogen and oxygen atoms in total. The lowest BCUT2D eigenvalue weighted by Crippen LogP contribution is -2.30. The van der Waals surface area contributed by atoms with E-state index in [1.54, 1.807) is 6.20 Å². The van der Waals surface area contributed by atoms with E-state index in [4.69, 9.17) is 0 Å². The Morgan fingerprint density at radius 2 is 2.22 bits per heavy atom. The zero-order chi connectivity index (χ0) is 12.5. The third kappa shape index (κ3) is 2.42. The van der Waals surface area contributed by atoms with Crippen molar-refractivity contribution in [2.24, 2.45) is 0 Å². The third-order valence-corrected chi connectivity index (χ3v) is 4.84. The van der Waals surface area contributed by atoms with Gasteiger partial charge in [0.2, 0.25) is 0 Å². The van der Waals surface area contributed by atoms with Gasteiger partial charge in [-0.15, -0.1) is 0 Å². The second-order valence-corrected chi connectivity index (χ2v) is 6.85. The van der Waals surface area contributed by atoms with Crippen LogP contribution in [0.4, 0.5) is 5.82 Å². The van der Waals surface area contributed by atoms with Crippen LogP contribution in [0.1, 0.15) is 12.8 Å². The van der Waals surface area contributed by atoms with E-state index in [0.29, 0.717) is 6.04 Å². The molecule has 1 N–H and O–H groups in total. The molecular weight excluding hydrogens is 316 g/mol. The number of anilines is 1. The zero-order valence-electron chi connectivity index (χ0n) is 9.67. The Morgan fingerprint density at radius 1 is 1.44 bits per heavy atom. The van der Waals surface area contributed by atoms with Crippen molar-refractivity contribution < 1.29 is 4.21 Å². The molecule has 0 radical (unpaired) electrons. The van der Waals surface area contributed by atoms with E-state index >= 15 is 0 Å². The molecule has 1 aliphatic rings. The molecule has 0 bridgehead atoms. The molecule has 1 fully saturated rings. The number of hydrogen-bond donors (Lipinski definition) is 1. The van der Waals surface area contributed by atoms with Crippen molar-refractivity contribution in [3.05, 3.63) is 23.2 Å². The first-order valence-corrected chi connectivity index (χ1v) is 8.11. The molecule has 2 aromatic heterocycles. The molecule has 7 heteroatoms. The second-order valence-electron chi connectivity index (χ2n) is 4.34. The fourth-order valence-corrected chi connectivity index (χ4v) is 3.83. The lowest BCUT2D eigenvalue weighted by Gasteiger charge is -2.23. The fourth-order valence-electron chi connectivity index (χ4n) is 2.13. The fraction of sp³-hybridized carbons (Fsp3) is 0.455.